The van der Waals surface area contributed by atoms with Gasteiger partial charge in [-0.05, 0) is 61.7 Å². The Kier molecular flexibility index (Phi) is 18.1. The minimum atomic E-state index is -0.395. The van der Waals surface area contributed by atoms with Crippen LogP contribution in [0, 0.1) is 0 Å². The molecule has 0 aromatic carbocycles. The first-order valence-corrected chi connectivity index (χ1v) is 20.0. The van der Waals surface area contributed by atoms with E-state index in [0.717, 1.165) is 40.6 Å². The second kappa shape index (κ2) is 22.7. The van der Waals surface area contributed by atoms with E-state index in [4.69, 9.17) is 43.6 Å². The number of rotatable bonds is 14. The summed E-state index contributed by atoms with van der Waals surface area (Å²) in [4.78, 5) is 81.1. The van der Waals surface area contributed by atoms with Gasteiger partial charge >= 0.3 is 24.2 Å². The molecular weight excluding hydrogens is 777 g/mol. The summed E-state index contributed by atoms with van der Waals surface area (Å²) in [6.45, 7) is 8.13. The zero-order chi connectivity index (χ0) is 38.6. The average Bonchev–Trinajstić information content (AvgIpc) is 3.99. The number of ether oxygens (including phenoxy) is 2. The van der Waals surface area contributed by atoms with E-state index in [9.17, 15) is 9.59 Å². The third-order valence-corrected chi connectivity index (χ3v) is 11.2. The molecule has 0 fully saturated rings. The van der Waals surface area contributed by atoms with Gasteiger partial charge in [0.25, 0.3) is 0 Å². The normalized spacial score (nSPS) is 10.9. The van der Waals surface area contributed by atoms with Crippen molar-refractivity contribution in [3.63, 3.8) is 0 Å². The molecule has 0 bridgehead atoms. The molecule has 17 heteroatoms. The second-order valence-electron chi connectivity index (χ2n) is 9.75. The van der Waals surface area contributed by atoms with E-state index < -0.39 is 11.9 Å². The number of aliphatic imine (C=N–C) groups is 4. The Balaban J connectivity index is 0.00000118. The first-order chi connectivity index (χ1) is 25.8. The number of esters is 2. The van der Waals surface area contributed by atoms with Crippen LogP contribution in [0.1, 0.15) is 79.0 Å². The molecule has 5 heterocycles. The first-order valence-electron chi connectivity index (χ1n) is 15.8. The van der Waals surface area contributed by atoms with Gasteiger partial charge in [-0.15, -0.1) is 34.0 Å². The fourth-order valence-corrected chi connectivity index (χ4v) is 8.55. The van der Waals surface area contributed by atoms with Gasteiger partial charge in [-0.3, -0.25) is 0 Å². The van der Waals surface area contributed by atoms with Crippen LogP contribution >= 0.6 is 56.7 Å². The topological polar surface area (TPSA) is 170 Å². The molecule has 5 aromatic rings. The maximum absolute atomic E-state index is 13.0. The van der Waals surface area contributed by atoms with E-state index in [1.54, 1.807) is 55.2 Å². The minimum Gasteiger partial charge on any atom is -0.462 e. The van der Waals surface area contributed by atoms with Crippen molar-refractivity contribution in [1.82, 2.24) is 0 Å². The van der Waals surface area contributed by atoms with Gasteiger partial charge in [0.05, 0.1) is 13.2 Å². The van der Waals surface area contributed by atoms with Crippen molar-refractivity contribution in [2.45, 2.75) is 40.5 Å². The molecule has 0 saturated heterocycles. The lowest BCUT2D eigenvalue weighted by Crippen LogP contribution is -2.06. The van der Waals surface area contributed by atoms with Crippen molar-refractivity contribution in [3.8, 4) is 0 Å². The van der Waals surface area contributed by atoms with Crippen LogP contribution in [-0.2, 0) is 41.5 Å². The van der Waals surface area contributed by atoms with E-state index in [0.29, 0.717) is 34.0 Å². The molecule has 5 aromatic heterocycles. The molecule has 274 valence electrons. The molecule has 0 atom stereocenters. The molecule has 53 heavy (non-hydrogen) atoms. The second-order valence-corrected chi connectivity index (χ2v) is 14.8. The molecule has 0 aliphatic carbocycles. The fraction of sp³-hybridized carbons (Fsp3) is 0.222. The lowest BCUT2D eigenvalue weighted by Gasteiger charge is -2.04. The van der Waals surface area contributed by atoms with Crippen molar-refractivity contribution >= 4 is 126 Å². The SMILES string of the molecule is CCOC(=O)c1c(N=Cc2cccs2)sc(N=Cc2ccc(C=Nc3sc(N=Cc4cccs4)c(CC)c3C(=O)OCC)s2)c1CC.O=C=O.O=C=O. The fourth-order valence-electron chi connectivity index (χ4n) is 4.48. The van der Waals surface area contributed by atoms with E-state index in [2.05, 4.69) is 4.99 Å². The van der Waals surface area contributed by atoms with Gasteiger partial charge in [0.2, 0.25) is 0 Å². The Morgan fingerprint density at radius 1 is 0.566 bits per heavy atom. The number of hydrogen-bond donors (Lipinski definition) is 0. The molecule has 0 saturated carbocycles. The lowest BCUT2D eigenvalue weighted by atomic mass is 10.1. The molecule has 0 amide bonds. The van der Waals surface area contributed by atoms with Crippen LogP contribution in [0.15, 0.2) is 67.1 Å². The predicted octanol–water partition coefficient (Wildman–Crippen LogP) is 9.31. The third kappa shape index (κ3) is 12.2. The van der Waals surface area contributed by atoms with Crippen LogP contribution in [0.3, 0.4) is 0 Å². The van der Waals surface area contributed by atoms with Crippen LogP contribution in [0.25, 0.3) is 0 Å². The van der Waals surface area contributed by atoms with E-state index >= 15 is 0 Å². The highest BCUT2D eigenvalue weighted by Crippen LogP contribution is 2.44. The zero-order valence-electron chi connectivity index (χ0n) is 28.9. The van der Waals surface area contributed by atoms with E-state index in [1.807, 2.05) is 67.2 Å². The molecule has 0 aliphatic rings. The quantitative estimate of drug-likeness (QED) is 0.0789. The maximum atomic E-state index is 13.0. The summed E-state index contributed by atoms with van der Waals surface area (Å²) in [5, 5.41) is 6.60. The summed E-state index contributed by atoms with van der Waals surface area (Å²) in [6, 6.07) is 11.8. The van der Waals surface area contributed by atoms with Gasteiger partial charge in [0.15, 0.2) is 0 Å². The van der Waals surface area contributed by atoms with Gasteiger partial charge in [0.1, 0.15) is 31.1 Å². The Hall–Kier alpha value is -5.12. The summed E-state index contributed by atoms with van der Waals surface area (Å²) in [6.07, 6.45) is 8.85. The maximum Gasteiger partial charge on any atom is 0.373 e. The number of carbonyl (C=O) groups is 2. The molecule has 0 unspecified atom stereocenters. The van der Waals surface area contributed by atoms with Crippen molar-refractivity contribution < 1.29 is 38.2 Å². The standard InChI is InChI=1S/C34H32N4O4S5.2CO2/c1-5-25-28(34(40)42-8-4)32(46-29(25)35-17-21-11-9-15-43-21)38-20-24-14-13-23(45-24)19-36-30-26(6-2)27(33(39)41-7-3)31(47-30)37-18-22-12-10-16-44-22;2*2-1-3/h9-20H,5-8H2,1-4H3;;. The van der Waals surface area contributed by atoms with Crippen LogP contribution in [0.5, 0.6) is 0 Å². The van der Waals surface area contributed by atoms with Crippen molar-refractivity contribution in [2.75, 3.05) is 13.2 Å². The van der Waals surface area contributed by atoms with Gasteiger partial charge < -0.3 is 9.47 Å². The van der Waals surface area contributed by atoms with Crippen molar-refractivity contribution in [3.05, 3.63) is 88.9 Å². The van der Waals surface area contributed by atoms with Crippen LogP contribution in [0.4, 0.5) is 20.0 Å². The Morgan fingerprint density at radius 3 is 1.25 bits per heavy atom. The smallest absolute Gasteiger partial charge is 0.373 e. The highest BCUT2D eigenvalue weighted by atomic mass is 32.1. The van der Waals surface area contributed by atoms with Gasteiger partial charge in [-0.25, -0.2) is 29.6 Å². The molecule has 0 spiro atoms. The molecule has 5 rings (SSSR count). The summed E-state index contributed by atoms with van der Waals surface area (Å²) in [5.41, 5.74) is 2.58. The Bertz CT molecular complexity index is 2110. The largest absolute Gasteiger partial charge is 0.462 e. The summed E-state index contributed by atoms with van der Waals surface area (Å²) >= 11 is 7.44. The first kappa shape index (κ1) is 42.3. The summed E-state index contributed by atoms with van der Waals surface area (Å²) in [7, 11) is 0. The molecule has 0 N–H and O–H groups in total. The van der Waals surface area contributed by atoms with Gasteiger partial charge in [-0.1, -0.05) is 48.7 Å². The Labute approximate surface area is 324 Å². The van der Waals surface area contributed by atoms with Crippen LogP contribution in [0.2, 0.25) is 0 Å². The highest BCUT2D eigenvalue weighted by molar-refractivity contribution is 7.21. The number of hydrogen-bond acceptors (Lipinski definition) is 17. The summed E-state index contributed by atoms with van der Waals surface area (Å²) in [5.74, 6) is -0.786. The number of nitrogens with zero attached hydrogens (tertiary/aromatic N) is 4. The monoisotopic (exact) mass is 808 g/mol. The summed E-state index contributed by atoms with van der Waals surface area (Å²) < 4.78 is 10.8. The number of thiophene rings is 5. The lowest BCUT2D eigenvalue weighted by molar-refractivity contribution is -0.193. The minimum absolute atomic E-state index is 0.250. The molecule has 12 nitrogen and oxygen atoms in total. The Morgan fingerprint density at radius 2 is 0.925 bits per heavy atom. The number of carbonyl (C=O) groups excluding carboxylic acids is 6. The predicted molar refractivity (Wildman–Crippen MR) is 211 cm³/mol. The van der Waals surface area contributed by atoms with Gasteiger partial charge in [0, 0.05) is 55.5 Å². The van der Waals surface area contributed by atoms with E-state index in [-0.39, 0.29) is 25.5 Å². The third-order valence-electron chi connectivity index (χ3n) is 6.57. The molecule has 0 radical (unpaired) electrons. The van der Waals surface area contributed by atoms with Crippen molar-refractivity contribution in [2.24, 2.45) is 20.0 Å². The zero-order valence-corrected chi connectivity index (χ0v) is 32.9. The van der Waals surface area contributed by atoms with E-state index in [1.165, 1.54) is 34.0 Å². The van der Waals surface area contributed by atoms with Gasteiger partial charge in [-0.2, -0.15) is 19.2 Å². The molecule has 0 aliphatic heterocycles. The van der Waals surface area contributed by atoms with Crippen molar-refractivity contribution in [1.29, 1.82) is 0 Å². The average molecular weight is 809 g/mol. The van der Waals surface area contributed by atoms with Crippen LogP contribution < -0.4 is 0 Å². The molecular formula is C36H32N4O8S5. The van der Waals surface area contributed by atoms with Crippen LogP contribution in [-0.4, -0.2) is 62.3 Å². The highest BCUT2D eigenvalue weighted by Gasteiger charge is 2.25.